The van der Waals surface area contributed by atoms with Crippen LogP contribution in [-0.4, -0.2) is 236 Å². The van der Waals surface area contributed by atoms with Crippen LogP contribution < -0.4 is 51.8 Å². The quantitative estimate of drug-likeness (QED) is 0.00252. The van der Waals surface area contributed by atoms with Crippen molar-refractivity contribution in [2.24, 2.45) is 16.8 Å². The van der Waals surface area contributed by atoms with E-state index in [2.05, 4.69) is 121 Å². The molecule has 3 aliphatic rings. The summed E-state index contributed by atoms with van der Waals surface area (Å²) in [7, 11) is 17.0. The first-order valence-electron chi connectivity index (χ1n) is 41.5. The van der Waals surface area contributed by atoms with Gasteiger partial charge in [-0.15, -0.1) is 0 Å². The minimum Gasteiger partial charge on any atom is -0.502 e. The van der Waals surface area contributed by atoms with Gasteiger partial charge in [0.05, 0.1) is 133 Å². The van der Waals surface area contributed by atoms with Gasteiger partial charge >= 0.3 is 71.4 Å². The molecule has 2 aliphatic heterocycles. The predicted molar refractivity (Wildman–Crippen MR) is 545 cm³/mol. The van der Waals surface area contributed by atoms with E-state index in [4.69, 9.17) is 94.3 Å². The number of benzene rings is 4. The summed E-state index contributed by atoms with van der Waals surface area (Å²) in [5.74, 6) is 1.61. The van der Waals surface area contributed by atoms with E-state index in [0.29, 0.717) is 105 Å². The zero-order valence-electron chi connectivity index (χ0n) is 82.3. The maximum Gasteiger partial charge on any atom is 1.00 e. The van der Waals surface area contributed by atoms with Crippen molar-refractivity contribution in [1.29, 1.82) is 0 Å². The molecule has 144 heavy (non-hydrogen) atoms. The molecule has 0 bridgehead atoms. The van der Waals surface area contributed by atoms with Gasteiger partial charge < -0.3 is 115 Å². The van der Waals surface area contributed by atoms with Crippen LogP contribution in [0, 0.1) is 5.92 Å². The molecule has 11 N–H and O–H groups in total. The molecule has 10 rings (SSSR count). The standard InChI is InChI=1S/C22H26N4O5.C13H15NO4.C11H16ClN3O2.C11H9NO3.C8H9NO2.C7H7NO2.2C5H7ClO2.2C4H8O.C2Cl2O2.CH4O.Cl2OS.Li.H3N2O/c1-22(2,3)31-21(28)26(4)12-14-11-19(24-13-23-14)30-18-10-9-15-16(20(27)29-5)7-6-8-17(15)25-18;1-3-18-8-7-12(15)14-11-6-4-5-10(9-11)13(16)17-2;1-11(2,3)17-10(16)15(4)6-8-5-9(12)14-7-13-8;1-15-11(14)8-3-2-4-9-7(8)5-6-10(13)12-9;1-11-8(10)6-3-2-4-7(9)5-6;8-6-3-1-2-5(4-6)7(9)10;2*1-2-8-4-3-5(6)7;1-2-4-5-3-1;1-3-5-4-2;3-1(5)2(4)6;1-2;1-4(2)3;;1-2-3/h6-11,13,15,17H,12H2,1-5H3;4-9H,3H2,1-2H3,(H,14,15);5,7H,6H2,1-4H3;2-6H,1H3,(H,12,13);2-5H,9H2,1H3;1-4H,8H2,(H,9,10);2*3-4H,2H2,1H3;1-4H2;3H,1,4H2,2H3;;2H,1H3;;;3H,1H2/q;;;;;;;;;;;;;+1;-1/b;8-7+;;;;;2*4-3+;;;;;;;. The number of esters is 4. The summed E-state index contributed by atoms with van der Waals surface area (Å²) >= 11 is 24.5. The van der Waals surface area contributed by atoms with Crippen molar-refractivity contribution in [3.05, 3.63) is 268 Å². The SMILES string of the molecule is C1CCOC1.C=COCC.CCO/C=C/C(=O)Cl.CCO/C=C/C(=O)Cl.CCO/C=C/C(=O)Nc1cccc(C(=O)OC)c1.CN(Cc1cc(Cl)ncn1)C(=O)OC(C)(C)C.CO.COC(=O)C1=CC=CC2N=C(Oc3cc(CN(C)C(=O)OC(C)(C)C)ncn3)C=CC12.COC(=O)c1cccc(N)c1.COC(=O)c1cccc2[nH]c(=O)ccc12.N[N-]O.Nc1cccc(C(=O)O)c1.O=C(Cl)C(=O)Cl.O=S(Cl)Cl.[Li+]. The number of H-pyrrole nitrogens is 1. The number of carbonyl (C=O) groups excluding carboxylic acids is 11. The van der Waals surface area contributed by atoms with Gasteiger partial charge in [-0.2, -0.15) is 0 Å². The number of dihydropyridines is 1. The summed E-state index contributed by atoms with van der Waals surface area (Å²) in [6.07, 6.45) is 22.3. The van der Waals surface area contributed by atoms with Crippen molar-refractivity contribution in [3.63, 3.8) is 0 Å². The number of aromatic carboxylic acids is 1. The molecular formula is C93H119Cl7LiN13O29S. The zero-order valence-corrected chi connectivity index (χ0v) is 88.4. The number of aliphatic hydroxyl groups is 1. The Morgan fingerprint density at radius 3 is 1.44 bits per heavy atom. The van der Waals surface area contributed by atoms with Gasteiger partial charge in [0.25, 0.3) is 5.91 Å². The number of nitrogens with two attached hydrogens (primary N) is 3. The van der Waals surface area contributed by atoms with E-state index in [1.54, 1.807) is 123 Å². The normalized spacial score (nSPS) is 12.1. The summed E-state index contributed by atoms with van der Waals surface area (Å²) in [6.45, 7) is 26.5. The second-order valence-corrected chi connectivity index (χ2v) is 32.5. The molecule has 0 saturated carbocycles. The van der Waals surface area contributed by atoms with Crippen LogP contribution in [0.2, 0.25) is 5.15 Å². The number of aliphatic hydroxyl groups excluding tert-OH is 1. The number of fused-ring (bicyclic) bond motifs is 2. The van der Waals surface area contributed by atoms with Crippen LogP contribution in [0.5, 0.6) is 5.88 Å². The fourth-order valence-corrected chi connectivity index (χ4v) is 9.62. The number of amides is 3. The number of hydrogen-bond donors (Lipinski definition) is 8. The number of carboxylic acid groups (broad SMARTS) is 1. The number of anilines is 3. The van der Waals surface area contributed by atoms with Crippen LogP contribution in [0.4, 0.5) is 26.7 Å². The minimum absolute atomic E-state index is 0. The van der Waals surface area contributed by atoms with Crippen LogP contribution in [0.1, 0.15) is 135 Å². The Labute approximate surface area is 882 Å². The van der Waals surface area contributed by atoms with E-state index in [0.717, 1.165) is 39.1 Å². The Bertz CT molecular complexity index is 5350. The summed E-state index contributed by atoms with van der Waals surface area (Å²) in [5.41, 5.74) is 17.0. The molecule has 786 valence electrons. The smallest absolute Gasteiger partial charge is 0.502 e. The fourth-order valence-electron chi connectivity index (χ4n) is 9.35. The van der Waals surface area contributed by atoms with E-state index in [1.165, 1.54) is 119 Å². The third-order valence-electron chi connectivity index (χ3n) is 15.1. The van der Waals surface area contributed by atoms with Crippen LogP contribution in [0.3, 0.4) is 0 Å². The van der Waals surface area contributed by atoms with E-state index in [9.17, 15) is 62.3 Å². The van der Waals surface area contributed by atoms with Gasteiger partial charge in [-0.3, -0.25) is 28.8 Å². The number of allylic oxidation sites excluding steroid dienone is 4. The molecular weight excluding hydrogens is 2050 g/mol. The maximum absolute atomic E-state index is 12.2. The van der Waals surface area contributed by atoms with Gasteiger partial charge in [0.15, 0.2) is 0 Å². The Hall–Kier alpha value is -12.7. The molecule has 4 aromatic carbocycles. The molecule has 1 saturated heterocycles. The number of pyridine rings is 1. The average molecular weight is 2170 g/mol. The first-order chi connectivity index (χ1) is 67.5. The number of aromatic nitrogens is 5. The first-order valence-corrected chi connectivity index (χ1v) is 46.2. The second kappa shape index (κ2) is 83.7. The van der Waals surface area contributed by atoms with Crippen LogP contribution >= 0.6 is 79.4 Å². The number of carbonyl (C=O) groups is 12. The largest absolute Gasteiger partial charge is 1.00 e. The van der Waals surface area contributed by atoms with Crippen LogP contribution in [0.15, 0.2) is 224 Å². The molecule has 1 fully saturated rings. The minimum atomic E-state index is -1.67. The molecule has 3 aromatic heterocycles. The number of halogens is 7. The van der Waals surface area contributed by atoms with Crippen LogP contribution in [-0.2, 0) is 103 Å². The third-order valence-corrected chi connectivity index (χ3v) is 16.0. The number of aliphatic imine (C=N–C) groups is 1. The Kier molecular flexibility index (Phi) is 81.3. The molecule has 7 aromatic rings. The van der Waals surface area contributed by atoms with E-state index < -0.39 is 71.5 Å². The summed E-state index contributed by atoms with van der Waals surface area (Å²) in [5, 5.41) is 22.8. The summed E-state index contributed by atoms with van der Waals surface area (Å²) in [6, 6.07) is 30.4. The van der Waals surface area contributed by atoms with Crippen molar-refractivity contribution < 1.29 is 153 Å². The average Bonchev–Trinajstić information content (AvgIpc) is 0.866. The topological polar surface area (TPSA) is 601 Å². The van der Waals surface area contributed by atoms with Crippen molar-refractivity contribution in [3.8, 4) is 5.88 Å². The number of nitrogen functional groups attached to an aromatic ring is 2. The third kappa shape index (κ3) is 72.5. The number of nitrogens with zero attached hydrogens (tertiary/aromatic N) is 8. The van der Waals surface area contributed by atoms with Gasteiger partial charge in [0, 0.05) is 126 Å². The molecule has 3 amide bonds. The van der Waals surface area contributed by atoms with Crippen molar-refractivity contribution in [2.75, 3.05) is 106 Å². The molecule has 42 nitrogen and oxygen atoms in total. The molecule has 0 spiro atoms. The fraction of sp³-hybridized carbons (Fsp3) is 0.333. The van der Waals surface area contributed by atoms with E-state index in [1.807, 2.05) is 87.0 Å². The molecule has 51 heteroatoms. The van der Waals surface area contributed by atoms with Crippen molar-refractivity contribution in [1.82, 2.24) is 34.7 Å². The monoisotopic (exact) mass is 2170 g/mol. The van der Waals surface area contributed by atoms with Crippen molar-refractivity contribution in [2.45, 2.75) is 112 Å². The molecule has 5 heterocycles. The van der Waals surface area contributed by atoms with Crippen LogP contribution in [0.25, 0.3) is 16.5 Å². The predicted octanol–water partition coefficient (Wildman–Crippen LogP) is 13.0. The van der Waals surface area contributed by atoms with Gasteiger partial charge in [-0.1, -0.05) is 66.7 Å². The first kappa shape index (κ1) is 140. The molecule has 2 unspecified atom stereocenters. The second-order valence-electron chi connectivity index (χ2n) is 28.2. The number of nitrogens with one attached hydrogen (secondary N) is 2. The van der Waals surface area contributed by atoms with Gasteiger partial charge in [0.1, 0.15) is 29.0 Å². The number of rotatable bonds is 23. The summed E-state index contributed by atoms with van der Waals surface area (Å²) < 4.78 is 67.8. The van der Waals surface area contributed by atoms with E-state index in [-0.39, 0.29) is 66.3 Å². The van der Waals surface area contributed by atoms with E-state index >= 15 is 0 Å². The number of methoxy groups -OCH3 is 4. The molecule has 1 aliphatic carbocycles. The van der Waals surface area contributed by atoms with Gasteiger partial charge in [-0.05, 0) is 213 Å². The number of carboxylic acids is 1. The zero-order chi connectivity index (χ0) is 110. The van der Waals surface area contributed by atoms with Crippen molar-refractivity contribution >= 4 is 191 Å². The summed E-state index contributed by atoms with van der Waals surface area (Å²) in [4.78, 5) is 167. The van der Waals surface area contributed by atoms with Gasteiger partial charge in [-0.25, -0.2) is 62.7 Å². The van der Waals surface area contributed by atoms with Gasteiger partial charge in [0.2, 0.25) is 37.0 Å². The number of ether oxygens (including phenoxy) is 12. The maximum atomic E-state index is 12.2. The molecule has 2 atom stereocenters. The Balaban J connectivity index is -0.000000508. The molecule has 0 radical (unpaired) electrons. The Morgan fingerprint density at radius 2 is 1.04 bits per heavy atom. The number of aromatic amines is 1. The Morgan fingerprint density at radius 1 is 0.604 bits per heavy atom. The number of hydrogen-bond acceptors (Lipinski definition) is 36.